The molecule has 0 spiro atoms. The molecule has 6 rings (SSSR count). The summed E-state index contributed by atoms with van der Waals surface area (Å²) in [5, 5.41) is 18.1. The first-order chi connectivity index (χ1) is 19.7. The van der Waals surface area contributed by atoms with Crippen molar-refractivity contribution < 1.29 is 33.0 Å². The van der Waals surface area contributed by atoms with Gasteiger partial charge in [0.25, 0.3) is 6.43 Å². The SMILES string of the molecule is Cn1nnc(COc2ccc(Cl)c3c2[C@@H](CN2CCCC2=O)N(C(=O)C2C4CCC(C4)C2C(=O)O)CC3)c1C(F)F. The smallest absolute Gasteiger partial charge is 0.307 e. The number of ether oxygens (including phenoxy) is 1. The monoisotopic (exact) mass is 591 g/mol. The highest BCUT2D eigenvalue weighted by molar-refractivity contribution is 6.31. The fraction of sp³-hybridized carbons (Fsp3) is 0.607. The van der Waals surface area contributed by atoms with Gasteiger partial charge < -0.3 is 19.6 Å². The minimum atomic E-state index is -2.79. The van der Waals surface area contributed by atoms with Crippen LogP contribution in [-0.2, 0) is 34.5 Å². The highest BCUT2D eigenvalue weighted by atomic mass is 35.5. The number of benzene rings is 1. The first kappa shape index (κ1) is 27.9. The molecule has 2 aliphatic heterocycles. The van der Waals surface area contributed by atoms with Crippen molar-refractivity contribution in [3.05, 3.63) is 39.7 Å². The van der Waals surface area contributed by atoms with Crippen molar-refractivity contribution in [2.45, 2.75) is 57.6 Å². The van der Waals surface area contributed by atoms with E-state index in [0.717, 1.165) is 29.5 Å². The van der Waals surface area contributed by atoms with Crippen molar-refractivity contribution in [3.63, 3.8) is 0 Å². The number of aliphatic carboxylic acids is 1. The lowest BCUT2D eigenvalue weighted by molar-refractivity contribution is -0.154. The number of carbonyl (C=O) groups excluding carboxylic acids is 2. The number of aryl methyl sites for hydroxylation is 1. The van der Waals surface area contributed by atoms with Crippen molar-refractivity contribution in [1.82, 2.24) is 24.8 Å². The second-order valence-corrected chi connectivity index (χ2v) is 11.9. The van der Waals surface area contributed by atoms with Crippen molar-refractivity contribution in [2.75, 3.05) is 19.6 Å². The molecular weight excluding hydrogens is 560 g/mol. The van der Waals surface area contributed by atoms with Crippen LogP contribution in [0.5, 0.6) is 5.75 Å². The van der Waals surface area contributed by atoms with Crippen LogP contribution in [-0.4, -0.2) is 67.3 Å². The summed E-state index contributed by atoms with van der Waals surface area (Å²) in [5.41, 5.74) is 1.03. The van der Waals surface area contributed by atoms with E-state index in [1.54, 1.807) is 21.9 Å². The minimum absolute atomic E-state index is 0.00695. The fourth-order valence-electron chi connectivity index (χ4n) is 7.58. The molecule has 3 heterocycles. The van der Waals surface area contributed by atoms with Gasteiger partial charge in [0.1, 0.15) is 23.7 Å². The average molecular weight is 592 g/mol. The number of amides is 2. The predicted molar refractivity (Wildman–Crippen MR) is 141 cm³/mol. The number of carboxylic acids is 1. The summed E-state index contributed by atoms with van der Waals surface area (Å²) in [6, 6.07) is 2.68. The molecule has 4 aliphatic rings. The number of alkyl halides is 2. The van der Waals surface area contributed by atoms with Gasteiger partial charge in [0, 0.05) is 43.7 Å². The molecule has 0 radical (unpaired) electrons. The van der Waals surface area contributed by atoms with Gasteiger partial charge >= 0.3 is 5.97 Å². The number of aromatic nitrogens is 3. The van der Waals surface area contributed by atoms with Gasteiger partial charge in [0.05, 0.1) is 17.9 Å². The van der Waals surface area contributed by atoms with E-state index in [1.165, 1.54) is 7.05 Å². The Morgan fingerprint density at radius 3 is 2.61 bits per heavy atom. The van der Waals surface area contributed by atoms with Crippen LogP contribution in [0.1, 0.15) is 67.1 Å². The maximum absolute atomic E-state index is 14.3. The number of rotatable bonds is 8. The van der Waals surface area contributed by atoms with E-state index >= 15 is 0 Å². The van der Waals surface area contributed by atoms with Gasteiger partial charge in [-0.2, -0.15) is 0 Å². The molecule has 2 bridgehead atoms. The molecule has 10 nitrogen and oxygen atoms in total. The molecule has 1 saturated heterocycles. The number of hydrogen-bond acceptors (Lipinski definition) is 6. The zero-order valence-electron chi connectivity index (χ0n) is 22.6. The molecule has 1 N–H and O–H groups in total. The average Bonchev–Trinajstić information content (AvgIpc) is 3.73. The molecule has 220 valence electrons. The van der Waals surface area contributed by atoms with Gasteiger partial charge in [-0.3, -0.25) is 14.4 Å². The Bertz CT molecular complexity index is 1390. The Labute approximate surface area is 240 Å². The second kappa shape index (κ2) is 10.8. The summed E-state index contributed by atoms with van der Waals surface area (Å²) >= 11 is 6.64. The molecule has 5 atom stereocenters. The van der Waals surface area contributed by atoms with Crippen molar-refractivity contribution in [1.29, 1.82) is 0 Å². The Balaban J connectivity index is 1.37. The van der Waals surface area contributed by atoms with E-state index < -0.39 is 30.3 Å². The summed E-state index contributed by atoms with van der Waals surface area (Å²) in [6.45, 7) is 0.799. The molecule has 41 heavy (non-hydrogen) atoms. The molecule has 2 amide bonds. The van der Waals surface area contributed by atoms with Crippen molar-refractivity contribution in [2.24, 2.45) is 30.7 Å². The molecule has 2 aliphatic carbocycles. The quantitative estimate of drug-likeness (QED) is 0.496. The van der Waals surface area contributed by atoms with Crippen LogP contribution in [0.2, 0.25) is 5.02 Å². The largest absolute Gasteiger partial charge is 0.487 e. The van der Waals surface area contributed by atoms with Gasteiger partial charge in [-0.1, -0.05) is 16.8 Å². The topological polar surface area (TPSA) is 118 Å². The van der Waals surface area contributed by atoms with Crippen molar-refractivity contribution >= 4 is 29.4 Å². The van der Waals surface area contributed by atoms with E-state index in [9.17, 15) is 28.3 Å². The summed E-state index contributed by atoms with van der Waals surface area (Å²) in [5.74, 6) is -2.16. The second-order valence-electron chi connectivity index (χ2n) is 11.5. The number of carbonyl (C=O) groups is 3. The van der Waals surface area contributed by atoms with Gasteiger partial charge in [-0.15, -0.1) is 5.10 Å². The van der Waals surface area contributed by atoms with Crippen LogP contribution in [0.25, 0.3) is 0 Å². The number of likely N-dealkylation sites (tertiary alicyclic amines) is 1. The summed E-state index contributed by atoms with van der Waals surface area (Å²) in [4.78, 5) is 42.7. The van der Waals surface area contributed by atoms with Gasteiger partial charge in [-0.05, 0) is 61.6 Å². The number of fused-ring (bicyclic) bond motifs is 3. The van der Waals surface area contributed by atoms with Crippen LogP contribution in [0, 0.1) is 23.7 Å². The van der Waals surface area contributed by atoms with E-state index in [1.807, 2.05) is 0 Å². The van der Waals surface area contributed by atoms with E-state index in [4.69, 9.17) is 16.3 Å². The van der Waals surface area contributed by atoms with Crippen LogP contribution < -0.4 is 4.74 Å². The summed E-state index contributed by atoms with van der Waals surface area (Å²) < 4.78 is 34.4. The van der Waals surface area contributed by atoms with Gasteiger partial charge in [0.2, 0.25) is 11.8 Å². The van der Waals surface area contributed by atoms with Crippen LogP contribution in [0.15, 0.2) is 12.1 Å². The lowest BCUT2D eigenvalue weighted by Crippen LogP contribution is -2.50. The normalized spacial score (nSPS) is 27.1. The maximum Gasteiger partial charge on any atom is 0.307 e. The van der Waals surface area contributed by atoms with Crippen LogP contribution >= 0.6 is 11.6 Å². The molecule has 3 fully saturated rings. The Morgan fingerprint density at radius 2 is 1.93 bits per heavy atom. The van der Waals surface area contributed by atoms with E-state index in [0.29, 0.717) is 48.7 Å². The molecule has 13 heteroatoms. The van der Waals surface area contributed by atoms with E-state index in [-0.39, 0.29) is 48.2 Å². The minimum Gasteiger partial charge on any atom is -0.487 e. The first-order valence-corrected chi connectivity index (χ1v) is 14.4. The Morgan fingerprint density at radius 1 is 1.17 bits per heavy atom. The highest BCUT2D eigenvalue weighted by Crippen LogP contribution is 2.54. The van der Waals surface area contributed by atoms with Gasteiger partial charge in [-0.25, -0.2) is 13.5 Å². The third-order valence-corrected chi connectivity index (χ3v) is 9.78. The first-order valence-electron chi connectivity index (χ1n) is 14.1. The lowest BCUT2D eigenvalue weighted by Gasteiger charge is -2.43. The molecule has 2 saturated carbocycles. The number of halogens is 3. The van der Waals surface area contributed by atoms with Crippen LogP contribution in [0.4, 0.5) is 8.78 Å². The summed E-state index contributed by atoms with van der Waals surface area (Å²) in [6.07, 6.45) is 1.13. The third kappa shape index (κ3) is 4.83. The molecular formula is C28H32ClF2N5O5. The zero-order valence-corrected chi connectivity index (χ0v) is 23.4. The predicted octanol–water partition coefficient (Wildman–Crippen LogP) is 3.78. The number of carboxylic acid groups (broad SMARTS) is 1. The standard InChI is InChI=1S/C28H32ClF2N5O5/c1-34-25(26(30)31)18(32-33-34)13-41-20-7-6-17(29)16-8-10-36(19(24(16)20)12-35-9-2-3-21(35)37)27(38)22-14-4-5-15(11-14)23(22)28(39)40/h6-7,14-15,19,22-23,26H,2-5,8-13H2,1H3,(H,39,40)/t14?,15?,19-,22?,23?/m1/s1. The van der Waals surface area contributed by atoms with Crippen molar-refractivity contribution in [3.8, 4) is 5.75 Å². The molecule has 1 aromatic heterocycles. The maximum atomic E-state index is 14.3. The Kier molecular flexibility index (Phi) is 7.37. The third-order valence-electron chi connectivity index (χ3n) is 9.42. The molecule has 4 unspecified atom stereocenters. The van der Waals surface area contributed by atoms with Crippen LogP contribution in [0.3, 0.4) is 0 Å². The lowest BCUT2D eigenvalue weighted by atomic mass is 9.77. The fourth-order valence-corrected chi connectivity index (χ4v) is 7.84. The number of nitrogens with zero attached hydrogens (tertiary/aromatic N) is 5. The highest BCUT2D eigenvalue weighted by Gasteiger charge is 2.56. The van der Waals surface area contributed by atoms with E-state index in [2.05, 4.69) is 10.3 Å². The summed E-state index contributed by atoms with van der Waals surface area (Å²) in [7, 11) is 1.38. The zero-order chi connectivity index (χ0) is 29.0. The number of hydrogen-bond donors (Lipinski definition) is 1. The van der Waals surface area contributed by atoms with Gasteiger partial charge in [0.15, 0.2) is 0 Å². The Hall–Kier alpha value is -3.28. The molecule has 2 aromatic rings. The molecule has 1 aromatic carbocycles.